The van der Waals surface area contributed by atoms with Crippen molar-refractivity contribution in [3.8, 4) is 0 Å². The zero-order valence-electron chi connectivity index (χ0n) is 5.69. The molecule has 2 aromatic heterocycles. The van der Waals surface area contributed by atoms with Crippen LogP contribution in [0.25, 0.3) is 10.2 Å². The summed E-state index contributed by atoms with van der Waals surface area (Å²) in [5.74, 6) is 0. The molecule has 56 valence electrons. The molecule has 0 aliphatic rings. The van der Waals surface area contributed by atoms with Gasteiger partial charge in [-0.25, -0.2) is 4.98 Å². The Balaban J connectivity index is 2.76. The minimum atomic E-state index is -0.00824. The normalized spacial score (nSPS) is 10.6. The zero-order chi connectivity index (χ0) is 7.68. The summed E-state index contributed by atoms with van der Waals surface area (Å²) in [6, 6.07) is 3.76. The highest BCUT2D eigenvalue weighted by Crippen LogP contribution is 2.19. The first kappa shape index (κ1) is 6.69. The van der Waals surface area contributed by atoms with Gasteiger partial charge < -0.3 is 5.11 Å². The molecule has 0 aliphatic carbocycles. The number of fused-ring (bicyclic) bond motifs is 1. The van der Waals surface area contributed by atoms with Gasteiger partial charge in [-0.05, 0) is 23.7 Å². The van der Waals surface area contributed by atoms with Gasteiger partial charge in [-0.2, -0.15) is 4.37 Å². The maximum Gasteiger partial charge on any atom is 0.143 e. The minimum Gasteiger partial charge on any atom is -0.390 e. The number of aliphatic hydroxyl groups is 1. The second kappa shape index (κ2) is 2.56. The fourth-order valence-electron chi connectivity index (χ4n) is 0.945. The molecule has 2 heterocycles. The third kappa shape index (κ3) is 1.00. The van der Waals surface area contributed by atoms with Gasteiger partial charge in [-0.15, -0.1) is 0 Å². The van der Waals surface area contributed by atoms with Gasteiger partial charge in [0.05, 0.1) is 12.3 Å². The van der Waals surface area contributed by atoms with Crippen molar-refractivity contribution in [2.45, 2.75) is 6.61 Å². The van der Waals surface area contributed by atoms with Gasteiger partial charge in [0, 0.05) is 11.6 Å². The Morgan fingerprint density at radius 2 is 2.45 bits per heavy atom. The molecule has 0 spiro atoms. The Kier molecular flexibility index (Phi) is 1.56. The Hall–Kier alpha value is -1.00. The molecule has 0 fully saturated rings. The fourth-order valence-corrected chi connectivity index (χ4v) is 1.69. The summed E-state index contributed by atoms with van der Waals surface area (Å²) in [5, 5.41) is 9.80. The van der Waals surface area contributed by atoms with Crippen LogP contribution in [0.5, 0.6) is 0 Å². The van der Waals surface area contributed by atoms with E-state index >= 15 is 0 Å². The Bertz CT molecular complexity index is 371. The molecule has 0 saturated carbocycles. The van der Waals surface area contributed by atoms with E-state index in [0.29, 0.717) is 0 Å². The summed E-state index contributed by atoms with van der Waals surface area (Å²) in [4.78, 5) is 4.98. The average Bonchev–Trinajstić information content (AvgIpc) is 2.47. The summed E-state index contributed by atoms with van der Waals surface area (Å²) in [5.41, 5.74) is 0.720. The average molecular weight is 166 g/mol. The molecule has 0 aliphatic heterocycles. The van der Waals surface area contributed by atoms with E-state index in [4.69, 9.17) is 5.11 Å². The number of pyridine rings is 1. The van der Waals surface area contributed by atoms with E-state index in [1.54, 1.807) is 6.20 Å². The number of hydrogen-bond donors (Lipinski definition) is 1. The SMILES string of the molecule is OCc1nsc2ncccc12. The first-order valence-electron chi connectivity index (χ1n) is 3.22. The summed E-state index contributed by atoms with van der Waals surface area (Å²) in [6.07, 6.45) is 1.72. The topological polar surface area (TPSA) is 46.0 Å². The van der Waals surface area contributed by atoms with Crippen LogP contribution in [-0.4, -0.2) is 14.5 Å². The third-order valence-corrected chi connectivity index (χ3v) is 2.28. The lowest BCUT2D eigenvalue weighted by molar-refractivity contribution is 0.279. The second-order valence-corrected chi connectivity index (χ2v) is 2.90. The smallest absolute Gasteiger partial charge is 0.143 e. The highest BCUT2D eigenvalue weighted by Gasteiger charge is 2.03. The van der Waals surface area contributed by atoms with Crippen LogP contribution in [0, 0.1) is 0 Å². The van der Waals surface area contributed by atoms with Crippen LogP contribution < -0.4 is 0 Å². The van der Waals surface area contributed by atoms with Crippen LogP contribution in [0.1, 0.15) is 5.69 Å². The van der Waals surface area contributed by atoms with Crippen molar-refractivity contribution < 1.29 is 5.11 Å². The van der Waals surface area contributed by atoms with E-state index < -0.39 is 0 Å². The van der Waals surface area contributed by atoms with Crippen LogP contribution in [-0.2, 0) is 6.61 Å². The third-order valence-electron chi connectivity index (χ3n) is 1.47. The van der Waals surface area contributed by atoms with Gasteiger partial charge in [0.15, 0.2) is 0 Å². The van der Waals surface area contributed by atoms with E-state index in [1.165, 1.54) is 11.5 Å². The van der Waals surface area contributed by atoms with E-state index in [1.807, 2.05) is 12.1 Å². The zero-order valence-corrected chi connectivity index (χ0v) is 6.51. The van der Waals surface area contributed by atoms with Gasteiger partial charge in [0.1, 0.15) is 4.83 Å². The monoisotopic (exact) mass is 166 g/mol. The first-order chi connectivity index (χ1) is 5.42. The molecule has 3 nitrogen and oxygen atoms in total. The predicted octanol–water partition coefficient (Wildman–Crippen LogP) is 1.18. The minimum absolute atomic E-state index is 0.00824. The molecule has 0 atom stereocenters. The predicted molar refractivity (Wildman–Crippen MR) is 43.3 cm³/mol. The fraction of sp³-hybridized carbons (Fsp3) is 0.143. The maximum absolute atomic E-state index is 8.84. The van der Waals surface area contributed by atoms with Crippen molar-refractivity contribution in [1.82, 2.24) is 9.36 Å². The van der Waals surface area contributed by atoms with Crippen LogP contribution in [0.15, 0.2) is 18.3 Å². The molecule has 0 aromatic carbocycles. The lowest BCUT2D eigenvalue weighted by Crippen LogP contribution is -1.81. The van der Waals surface area contributed by atoms with Crippen LogP contribution in [0.4, 0.5) is 0 Å². The summed E-state index contributed by atoms with van der Waals surface area (Å²) in [6.45, 7) is -0.00824. The van der Waals surface area contributed by atoms with Crippen molar-refractivity contribution in [3.05, 3.63) is 24.0 Å². The van der Waals surface area contributed by atoms with Gasteiger partial charge in [-0.3, -0.25) is 0 Å². The van der Waals surface area contributed by atoms with E-state index in [2.05, 4.69) is 9.36 Å². The number of hydrogen-bond acceptors (Lipinski definition) is 4. The van der Waals surface area contributed by atoms with Crippen molar-refractivity contribution in [2.24, 2.45) is 0 Å². The summed E-state index contributed by atoms with van der Waals surface area (Å²) in [7, 11) is 0. The lowest BCUT2D eigenvalue weighted by Gasteiger charge is -1.87. The van der Waals surface area contributed by atoms with Crippen LogP contribution in [0.2, 0.25) is 0 Å². The van der Waals surface area contributed by atoms with E-state index in [0.717, 1.165) is 15.9 Å². The molecular formula is C7H6N2OS. The number of nitrogens with zero attached hydrogens (tertiary/aromatic N) is 2. The molecule has 1 N–H and O–H groups in total. The molecular weight excluding hydrogens is 160 g/mol. The highest BCUT2D eigenvalue weighted by atomic mass is 32.1. The first-order valence-corrected chi connectivity index (χ1v) is 3.99. The molecule has 0 amide bonds. The van der Waals surface area contributed by atoms with Crippen LogP contribution in [0.3, 0.4) is 0 Å². The summed E-state index contributed by atoms with van der Waals surface area (Å²) >= 11 is 1.32. The highest BCUT2D eigenvalue weighted by molar-refractivity contribution is 7.12. The van der Waals surface area contributed by atoms with Crippen molar-refractivity contribution in [1.29, 1.82) is 0 Å². The molecule has 0 saturated heterocycles. The van der Waals surface area contributed by atoms with Gasteiger partial charge in [0.25, 0.3) is 0 Å². The molecule has 0 bridgehead atoms. The lowest BCUT2D eigenvalue weighted by atomic mass is 10.3. The van der Waals surface area contributed by atoms with Crippen molar-refractivity contribution >= 4 is 21.7 Å². The van der Waals surface area contributed by atoms with E-state index in [9.17, 15) is 0 Å². The van der Waals surface area contributed by atoms with Crippen molar-refractivity contribution in [2.75, 3.05) is 0 Å². The van der Waals surface area contributed by atoms with Crippen molar-refractivity contribution in [3.63, 3.8) is 0 Å². The van der Waals surface area contributed by atoms with Crippen LogP contribution >= 0.6 is 11.5 Å². The van der Waals surface area contributed by atoms with E-state index in [-0.39, 0.29) is 6.61 Å². The van der Waals surface area contributed by atoms with Gasteiger partial charge >= 0.3 is 0 Å². The quantitative estimate of drug-likeness (QED) is 0.692. The van der Waals surface area contributed by atoms with Gasteiger partial charge in [-0.1, -0.05) is 0 Å². The Morgan fingerprint density at radius 1 is 1.55 bits per heavy atom. The maximum atomic E-state index is 8.84. The molecule has 4 heteroatoms. The Labute approximate surface area is 67.5 Å². The van der Waals surface area contributed by atoms with Gasteiger partial charge in [0.2, 0.25) is 0 Å². The standard InChI is InChI=1S/C7H6N2OS/c10-4-6-5-2-1-3-8-7(5)11-9-6/h1-3,10H,4H2. The molecule has 0 unspecified atom stereocenters. The summed E-state index contributed by atoms with van der Waals surface area (Å²) < 4.78 is 4.04. The molecule has 2 rings (SSSR count). The Morgan fingerprint density at radius 3 is 3.27 bits per heavy atom. The molecule has 2 aromatic rings. The number of aliphatic hydroxyl groups excluding tert-OH is 1. The second-order valence-electron chi connectivity index (χ2n) is 2.14. The number of aromatic nitrogens is 2. The molecule has 0 radical (unpaired) electrons. The molecule has 11 heavy (non-hydrogen) atoms. The number of rotatable bonds is 1. The largest absolute Gasteiger partial charge is 0.390 e.